The van der Waals surface area contributed by atoms with Gasteiger partial charge < -0.3 is 20.7 Å². The van der Waals surface area contributed by atoms with Gasteiger partial charge in [0, 0.05) is 25.7 Å². The minimum atomic E-state index is -0.435. The zero-order valence-corrected chi connectivity index (χ0v) is 10.5. The lowest BCUT2D eigenvalue weighted by molar-refractivity contribution is 0.0115. The third-order valence-corrected chi connectivity index (χ3v) is 2.48. The Morgan fingerprint density at radius 3 is 2.81 bits per heavy atom. The molecule has 3 N–H and O–H groups in total. The number of nitrogens with one attached hydrogen (secondary N) is 1. The van der Waals surface area contributed by atoms with Gasteiger partial charge in [-0.2, -0.15) is 0 Å². The molecular formula is C11H23N3O2. The molecule has 0 aliphatic carbocycles. The van der Waals surface area contributed by atoms with E-state index < -0.39 is 5.60 Å². The highest BCUT2D eigenvalue weighted by Crippen LogP contribution is 2.14. The molecule has 1 heterocycles. The lowest BCUT2D eigenvalue weighted by Crippen LogP contribution is -2.55. The summed E-state index contributed by atoms with van der Waals surface area (Å²) < 4.78 is 5.37. The highest BCUT2D eigenvalue weighted by molar-refractivity contribution is 5.68. The second kappa shape index (κ2) is 5.50. The molecule has 5 nitrogen and oxygen atoms in total. The van der Waals surface area contributed by atoms with Crippen LogP contribution < -0.4 is 11.1 Å². The molecular weight excluding hydrogens is 206 g/mol. The van der Waals surface area contributed by atoms with E-state index in [4.69, 9.17) is 10.5 Å². The molecule has 0 aromatic rings. The minimum absolute atomic E-state index is 0.161. The number of hydrogen-bond acceptors (Lipinski definition) is 4. The van der Waals surface area contributed by atoms with Crippen molar-refractivity contribution in [2.45, 2.75) is 38.8 Å². The topological polar surface area (TPSA) is 67.6 Å². The summed E-state index contributed by atoms with van der Waals surface area (Å²) in [5.41, 5.74) is 5.11. The van der Waals surface area contributed by atoms with Crippen LogP contribution in [0, 0.1) is 0 Å². The molecule has 1 atom stereocenters. The van der Waals surface area contributed by atoms with E-state index in [0.717, 1.165) is 19.5 Å². The molecule has 0 saturated carbocycles. The van der Waals surface area contributed by atoms with Gasteiger partial charge in [-0.15, -0.1) is 0 Å². The van der Waals surface area contributed by atoms with E-state index in [-0.39, 0.29) is 12.1 Å². The SMILES string of the molecule is CC(C)(C)OC(=O)N1CCNCC1CCN. The molecule has 94 valence electrons. The van der Waals surface area contributed by atoms with E-state index >= 15 is 0 Å². The van der Waals surface area contributed by atoms with E-state index in [1.54, 1.807) is 4.90 Å². The number of ether oxygens (including phenoxy) is 1. The van der Waals surface area contributed by atoms with Crippen molar-refractivity contribution in [1.29, 1.82) is 0 Å². The number of nitrogens with zero attached hydrogens (tertiary/aromatic N) is 1. The standard InChI is InChI=1S/C11H23N3O2/c1-11(2,3)16-10(15)14-7-6-13-8-9(14)4-5-12/h9,13H,4-8,12H2,1-3H3. The zero-order valence-electron chi connectivity index (χ0n) is 10.5. The van der Waals surface area contributed by atoms with E-state index in [0.29, 0.717) is 13.1 Å². The molecule has 1 amide bonds. The first kappa shape index (κ1) is 13.3. The largest absolute Gasteiger partial charge is 0.444 e. The Labute approximate surface area is 97.3 Å². The monoisotopic (exact) mass is 229 g/mol. The maximum atomic E-state index is 11.9. The number of hydrogen-bond donors (Lipinski definition) is 2. The van der Waals surface area contributed by atoms with Crippen LogP contribution in [0.4, 0.5) is 4.79 Å². The Morgan fingerprint density at radius 1 is 1.56 bits per heavy atom. The Kier molecular flexibility index (Phi) is 4.56. The van der Waals surface area contributed by atoms with Crippen molar-refractivity contribution in [3.63, 3.8) is 0 Å². The fourth-order valence-electron chi connectivity index (χ4n) is 1.77. The average Bonchev–Trinajstić information content (AvgIpc) is 2.16. The van der Waals surface area contributed by atoms with Gasteiger partial charge in [0.15, 0.2) is 0 Å². The average molecular weight is 229 g/mol. The highest BCUT2D eigenvalue weighted by Gasteiger charge is 2.29. The third-order valence-electron chi connectivity index (χ3n) is 2.48. The number of carbonyl (C=O) groups excluding carboxylic acids is 1. The molecule has 0 aromatic carbocycles. The predicted molar refractivity (Wildman–Crippen MR) is 63.3 cm³/mol. The summed E-state index contributed by atoms with van der Waals surface area (Å²) in [5, 5.41) is 3.26. The fraction of sp³-hybridized carbons (Fsp3) is 0.909. The normalized spacial score (nSPS) is 22.0. The van der Waals surface area contributed by atoms with Crippen molar-refractivity contribution < 1.29 is 9.53 Å². The van der Waals surface area contributed by atoms with Gasteiger partial charge in [-0.1, -0.05) is 0 Å². The number of piperazine rings is 1. The molecule has 0 aromatic heterocycles. The van der Waals surface area contributed by atoms with Crippen LogP contribution in [0.1, 0.15) is 27.2 Å². The molecule has 1 saturated heterocycles. The molecule has 1 fully saturated rings. The van der Waals surface area contributed by atoms with Crippen molar-refractivity contribution in [2.75, 3.05) is 26.2 Å². The van der Waals surface area contributed by atoms with Crippen molar-refractivity contribution in [3.8, 4) is 0 Å². The number of nitrogens with two attached hydrogens (primary N) is 1. The fourth-order valence-corrected chi connectivity index (χ4v) is 1.77. The van der Waals surface area contributed by atoms with E-state index in [1.165, 1.54) is 0 Å². The lowest BCUT2D eigenvalue weighted by Gasteiger charge is -2.37. The van der Waals surface area contributed by atoms with Crippen LogP contribution >= 0.6 is 0 Å². The van der Waals surface area contributed by atoms with Crippen LogP contribution in [0.15, 0.2) is 0 Å². The minimum Gasteiger partial charge on any atom is -0.444 e. The van der Waals surface area contributed by atoms with Gasteiger partial charge in [-0.3, -0.25) is 0 Å². The molecule has 5 heteroatoms. The maximum Gasteiger partial charge on any atom is 0.410 e. The van der Waals surface area contributed by atoms with Crippen LogP contribution in [0.3, 0.4) is 0 Å². The van der Waals surface area contributed by atoms with Crippen molar-refractivity contribution in [3.05, 3.63) is 0 Å². The lowest BCUT2D eigenvalue weighted by atomic mass is 10.1. The number of amides is 1. The molecule has 0 radical (unpaired) electrons. The zero-order chi connectivity index (χ0) is 12.2. The van der Waals surface area contributed by atoms with Gasteiger partial charge in [-0.05, 0) is 33.7 Å². The molecule has 0 spiro atoms. The smallest absolute Gasteiger partial charge is 0.410 e. The molecule has 0 bridgehead atoms. The second-order valence-electron chi connectivity index (χ2n) is 5.11. The van der Waals surface area contributed by atoms with Crippen LogP contribution in [-0.2, 0) is 4.74 Å². The predicted octanol–water partition coefficient (Wildman–Crippen LogP) is 0.544. The molecule has 16 heavy (non-hydrogen) atoms. The molecule has 1 unspecified atom stereocenters. The summed E-state index contributed by atoms with van der Waals surface area (Å²) in [6.45, 7) is 8.54. The van der Waals surface area contributed by atoms with E-state index in [1.807, 2.05) is 20.8 Å². The maximum absolute atomic E-state index is 11.9. The first-order chi connectivity index (χ1) is 7.44. The van der Waals surface area contributed by atoms with Gasteiger partial charge >= 0.3 is 6.09 Å². The third kappa shape index (κ3) is 3.98. The summed E-state index contributed by atoms with van der Waals surface area (Å²) in [7, 11) is 0. The second-order valence-corrected chi connectivity index (χ2v) is 5.11. The Hall–Kier alpha value is -0.810. The summed E-state index contributed by atoms with van der Waals surface area (Å²) in [4.78, 5) is 13.7. The van der Waals surface area contributed by atoms with Crippen molar-refractivity contribution >= 4 is 6.09 Å². The summed E-state index contributed by atoms with van der Waals surface area (Å²) in [6, 6.07) is 0.161. The Morgan fingerprint density at radius 2 is 2.25 bits per heavy atom. The first-order valence-electron chi connectivity index (χ1n) is 5.84. The molecule has 1 rings (SSSR count). The quantitative estimate of drug-likeness (QED) is 0.725. The van der Waals surface area contributed by atoms with Crippen molar-refractivity contribution in [2.24, 2.45) is 5.73 Å². The summed E-state index contributed by atoms with van der Waals surface area (Å²) >= 11 is 0. The number of rotatable bonds is 2. The first-order valence-corrected chi connectivity index (χ1v) is 5.84. The highest BCUT2D eigenvalue weighted by atomic mass is 16.6. The van der Waals surface area contributed by atoms with E-state index in [9.17, 15) is 4.79 Å². The Balaban J connectivity index is 2.57. The molecule has 1 aliphatic heterocycles. The molecule has 1 aliphatic rings. The van der Waals surface area contributed by atoms with Gasteiger partial charge in [0.1, 0.15) is 5.60 Å². The summed E-state index contributed by atoms with van der Waals surface area (Å²) in [5.74, 6) is 0. The number of carbonyl (C=O) groups is 1. The summed E-state index contributed by atoms with van der Waals surface area (Å²) in [6.07, 6.45) is 0.583. The van der Waals surface area contributed by atoms with Gasteiger partial charge in [0.25, 0.3) is 0 Å². The van der Waals surface area contributed by atoms with Crippen molar-refractivity contribution in [1.82, 2.24) is 10.2 Å². The van der Waals surface area contributed by atoms with Crippen LogP contribution in [0.25, 0.3) is 0 Å². The van der Waals surface area contributed by atoms with Gasteiger partial charge in [0.05, 0.1) is 0 Å². The van der Waals surface area contributed by atoms with E-state index in [2.05, 4.69) is 5.32 Å². The van der Waals surface area contributed by atoms with Crippen LogP contribution in [-0.4, -0.2) is 48.8 Å². The van der Waals surface area contributed by atoms with Crippen LogP contribution in [0.5, 0.6) is 0 Å². The van der Waals surface area contributed by atoms with Crippen LogP contribution in [0.2, 0.25) is 0 Å². The van der Waals surface area contributed by atoms with Gasteiger partial charge in [-0.25, -0.2) is 4.79 Å². The van der Waals surface area contributed by atoms with Gasteiger partial charge in [0.2, 0.25) is 0 Å². The Bertz CT molecular complexity index is 236.